The largest absolute Gasteiger partial charge is 0.493 e. The number of aromatic nitrogens is 1. The molecule has 0 radical (unpaired) electrons. The zero-order chi connectivity index (χ0) is 18.5. The van der Waals surface area contributed by atoms with Crippen LogP contribution in [0.3, 0.4) is 0 Å². The van der Waals surface area contributed by atoms with Crippen LogP contribution in [0.5, 0.6) is 17.2 Å². The van der Waals surface area contributed by atoms with Gasteiger partial charge in [-0.2, -0.15) is 0 Å². The molecule has 2 fully saturated rings. The lowest BCUT2D eigenvalue weighted by atomic mass is 9.90. The van der Waals surface area contributed by atoms with Crippen molar-refractivity contribution in [2.75, 3.05) is 41.0 Å². The molecular formula is C21H29N3O3. The summed E-state index contributed by atoms with van der Waals surface area (Å²) in [6.07, 6.45) is 6.85. The summed E-state index contributed by atoms with van der Waals surface area (Å²) in [6, 6.07) is 2.52. The molecular weight excluding hydrogens is 342 g/mol. The summed E-state index contributed by atoms with van der Waals surface area (Å²) >= 11 is 0. The van der Waals surface area contributed by atoms with E-state index in [0.717, 1.165) is 29.6 Å². The van der Waals surface area contributed by atoms with Crippen molar-refractivity contribution in [2.24, 2.45) is 0 Å². The molecule has 6 nitrogen and oxygen atoms in total. The zero-order valence-corrected chi connectivity index (χ0v) is 16.5. The molecule has 3 aliphatic rings. The monoisotopic (exact) mass is 371 g/mol. The Balaban J connectivity index is 1.63. The van der Waals surface area contributed by atoms with Crippen molar-refractivity contribution in [3.05, 3.63) is 17.3 Å². The van der Waals surface area contributed by atoms with E-state index in [9.17, 15) is 0 Å². The third-order valence-electron chi connectivity index (χ3n) is 6.73. The Morgan fingerprint density at radius 2 is 1.81 bits per heavy atom. The van der Waals surface area contributed by atoms with Crippen molar-refractivity contribution in [3.63, 3.8) is 0 Å². The number of hydrogen-bond acceptors (Lipinski definition) is 5. The predicted octanol–water partition coefficient (Wildman–Crippen LogP) is 3.31. The maximum Gasteiger partial charge on any atom is 0.204 e. The van der Waals surface area contributed by atoms with Crippen molar-refractivity contribution in [1.82, 2.24) is 14.8 Å². The standard InChI is InChI=1S/C21H29N3O3/c1-25-16-12-14-18(21(27-3)20(16)26-2)13-7-11-24-15(19(13)22-14)8-10-23-9-5-4-6-17(23)24/h12,15,17,22H,4-11H2,1-3H3/t15-,17-/m1/s1. The van der Waals surface area contributed by atoms with Crippen LogP contribution in [0.15, 0.2) is 6.07 Å². The van der Waals surface area contributed by atoms with Crippen LogP contribution < -0.4 is 14.2 Å². The van der Waals surface area contributed by atoms with Gasteiger partial charge in [-0.25, -0.2) is 0 Å². The predicted molar refractivity (Wildman–Crippen MR) is 105 cm³/mol. The minimum Gasteiger partial charge on any atom is -0.493 e. The molecule has 27 heavy (non-hydrogen) atoms. The van der Waals surface area contributed by atoms with Crippen molar-refractivity contribution >= 4 is 10.9 Å². The molecule has 3 aliphatic heterocycles. The number of nitrogens with one attached hydrogen (secondary N) is 1. The number of hydrogen-bond donors (Lipinski definition) is 1. The van der Waals surface area contributed by atoms with Crippen molar-refractivity contribution in [3.8, 4) is 17.2 Å². The Morgan fingerprint density at radius 1 is 0.963 bits per heavy atom. The lowest BCUT2D eigenvalue weighted by molar-refractivity contribution is -0.0599. The van der Waals surface area contributed by atoms with Gasteiger partial charge in [0.25, 0.3) is 0 Å². The highest BCUT2D eigenvalue weighted by Gasteiger charge is 2.41. The average Bonchev–Trinajstić information content (AvgIpc) is 3.10. The first-order valence-electron chi connectivity index (χ1n) is 10.1. The number of H-pyrrole nitrogens is 1. The first-order chi connectivity index (χ1) is 13.3. The third-order valence-corrected chi connectivity index (χ3v) is 6.73. The number of methoxy groups -OCH3 is 3. The molecule has 0 amide bonds. The highest BCUT2D eigenvalue weighted by molar-refractivity contribution is 5.95. The van der Waals surface area contributed by atoms with Gasteiger partial charge in [-0.3, -0.25) is 9.80 Å². The maximum absolute atomic E-state index is 5.79. The summed E-state index contributed by atoms with van der Waals surface area (Å²) in [4.78, 5) is 9.17. The molecule has 2 atom stereocenters. The van der Waals surface area contributed by atoms with E-state index in [1.54, 1.807) is 21.3 Å². The fraction of sp³-hybridized carbons (Fsp3) is 0.619. The Morgan fingerprint density at radius 3 is 2.59 bits per heavy atom. The Labute approximate surface area is 160 Å². The molecule has 1 N–H and O–H groups in total. The average molecular weight is 371 g/mol. The summed E-state index contributed by atoms with van der Waals surface area (Å²) < 4.78 is 17.0. The minimum atomic E-state index is 0.474. The first kappa shape index (κ1) is 17.2. The third kappa shape index (κ3) is 2.46. The Hall–Kier alpha value is -1.92. The second-order valence-corrected chi connectivity index (χ2v) is 7.89. The van der Waals surface area contributed by atoms with Crippen molar-refractivity contribution in [2.45, 2.75) is 44.3 Å². The van der Waals surface area contributed by atoms with Gasteiger partial charge >= 0.3 is 0 Å². The molecule has 1 aromatic carbocycles. The number of ether oxygens (including phenoxy) is 3. The summed E-state index contributed by atoms with van der Waals surface area (Å²) in [6.45, 7) is 3.57. The zero-order valence-electron chi connectivity index (χ0n) is 16.5. The van der Waals surface area contributed by atoms with Crippen molar-refractivity contribution in [1.29, 1.82) is 0 Å². The first-order valence-corrected chi connectivity index (χ1v) is 10.1. The molecule has 2 saturated heterocycles. The molecule has 0 saturated carbocycles. The van der Waals surface area contributed by atoms with Crippen LogP contribution in [0.4, 0.5) is 0 Å². The summed E-state index contributed by atoms with van der Waals surface area (Å²) in [7, 11) is 5.06. The lowest BCUT2D eigenvalue weighted by Gasteiger charge is -2.52. The Bertz CT molecular complexity index is 862. The number of piperidine rings is 1. The van der Waals surface area contributed by atoms with E-state index in [-0.39, 0.29) is 0 Å². The molecule has 4 heterocycles. The molecule has 0 bridgehead atoms. The van der Waals surface area contributed by atoms with E-state index in [2.05, 4.69) is 20.9 Å². The topological polar surface area (TPSA) is 50.0 Å². The fourth-order valence-corrected chi connectivity index (χ4v) is 5.58. The van der Waals surface area contributed by atoms with E-state index >= 15 is 0 Å². The fourth-order valence-electron chi connectivity index (χ4n) is 5.58. The van der Waals surface area contributed by atoms with Crippen LogP contribution in [0.2, 0.25) is 0 Å². The van der Waals surface area contributed by atoms with Gasteiger partial charge in [-0.05, 0) is 44.2 Å². The second-order valence-electron chi connectivity index (χ2n) is 7.89. The molecule has 6 heteroatoms. The highest BCUT2D eigenvalue weighted by atomic mass is 16.5. The molecule has 0 spiro atoms. The van der Waals surface area contributed by atoms with Gasteiger partial charge in [0.15, 0.2) is 11.5 Å². The maximum atomic E-state index is 5.79. The lowest BCUT2D eigenvalue weighted by Crippen LogP contribution is -2.58. The van der Waals surface area contributed by atoms with E-state index in [1.165, 1.54) is 50.0 Å². The number of fused-ring (bicyclic) bond motifs is 7. The molecule has 1 aromatic heterocycles. The summed E-state index contributed by atoms with van der Waals surface area (Å²) in [5.41, 5.74) is 3.85. The normalized spacial score (nSPS) is 25.6. The number of nitrogens with zero attached hydrogens (tertiary/aromatic N) is 2. The van der Waals surface area contributed by atoms with Gasteiger partial charge in [0.2, 0.25) is 5.75 Å². The van der Waals surface area contributed by atoms with Crippen LogP contribution in [0, 0.1) is 0 Å². The number of rotatable bonds is 3. The van der Waals surface area contributed by atoms with E-state index < -0.39 is 0 Å². The molecule has 146 valence electrons. The van der Waals surface area contributed by atoms with E-state index in [0.29, 0.717) is 23.7 Å². The van der Waals surface area contributed by atoms with Crippen LogP contribution >= 0.6 is 0 Å². The van der Waals surface area contributed by atoms with Crippen molar-refractivity contribution < 1.29 is 14.2 Å². The van der Waals surface area contributed by atoms with Gasteiger partial charge in [0.05, 0.1) is 39.1 Å². The summed E-state index contributed by atoms with van der Waals surface area (Å²) in [5, 5.41) is 1.16. The van der Waals surface area contributed by atoms with Gasteiger partial charge in [-0.15, -0.1) is 0 Å². The summed E-state index contributed by atoms with van der Waals surface area (Å²) in [5.74, 6) is 2.17. The van der Waals surface area contributed by atoms with Gasteiger partial charge in [0, 0.05) is 30.2 Å². The molecule has 5 rings (SSSR count). The van der Waals surface area contributed by atoms with Crippen LogP contribution in [-0.2, 0) is 6.42 Å². The van der Waals surface area contributed by atoms with Gasteiger partial charge in [0.1, 0.15) is 0 Å². The highest BCUT2D eigenvalue weighted by Crippen LogP contribution is 2.49. The number of aromatic amines is 1. The number of benzene rings is 1. The van der Waals surface area contributed by atoms with Crippen LogP contribution in [-0.4, -0.2) is 61.9 Å². The van der Waals surface area contributed by atoms with E-state index in [1.807, 2.05) is 0 Å². The smallest absolute Gasteiger partial charge is 0.204 e. The van der Waals surface area contributed by atoms with E-state index in [4.69, 9.17) is 14.2 Å². The van der Waals surface area contributed by atoms with Crippen LogP contribution in [0.1, 0.15) is 43.0 Å². The van der Waals surface area contributed by atoms with Crippen LogP contribution in [0.25, 0.3) is 10.9 Å². The van der Waals surface area contributed by atoms with Gasteiger partial charge in [-0.1, -0.05) is 0 Å². The molecule has 0 aliphatic carbocycles. The Kier molecular flexibility index (Phi) is 4.20. The quantitative estimate of drug-likeness (QED) is 0.897. The second kappa shape index (κ2) is 6.60. The molecule has 2 aromatic rings. The SMILES string of the molecule is COc1cc2[nH]c3c(c2c(OC)c1OC)CCN1[C@@H]3CCN2CCCC[C@H]21. The minimum absolute atomic E-state index is 0.474. The van der Waals surface area contributed by atoms with Gasteiger partial charge < -0.3 is 19.2 Å². The molecule has 0 unspecified atom stereocenters.